The fourth-order valence-corrected chi connectivity index (χ4v) is 1.00. The van der Waals surface area contributed by atoms with E-state index in [1.54, 1.807) is 0 Å². The molecule has 2 heteroatoms. The van der Waals surface area contributed by atoms with Crippen molar-refractivity contribution in [3.63, 3.8) is 0 Å². The summed E-state index contributed by atoms with van der Waals surface area (Å²) >= 11 is 0. The summed E-state index contributed by atoms with van der Waals surface area (Å²) in [6.07, 6.45) is 3.55. The molecule has 0 amide bonds. The smallest absolute Gasteiger partial charge is 0.0551 e. The van der Waals surface area contributed by atoms with E-state index in [1.807, 2.05) is 13.8 Å². The molecule has 0 aromatic rings. The molecule has 0 radical (unpaired) electrons. The van der Waals surface area contributed by atoms with E-state index in [0.29, 0.717) is 12.2 Å². The molecule has 2 atom stereocenters. The highest BCUT2D eigenvalue weighted by Gasteiger charge is 2.16. The molecule has 1 rings (SSSR count). The molecule has 1 saturated heterocycles. The van der Waals surface area contributed by atoms with Gasteiger partial charge in [0.15, 0.2) is 0 Å². The predicted molar refractivity (Wildman–Crippen MR) is 48.7 cm³/mol. The monoisotopic (exact) mass is 162 g/mol. The van der Waals surface area contributed by atoms with Crippen molar-refractivity contribution in [2.75, 3.05) is 7.11 Å². The highest BCUT2D eigenvalue weighted by atomic mass is 16.5. The maximum Gasteiger partial charge on any atom is 0.0551 e. The summed E-state index contributed by atoms with van der Waals surface area (Å²) in [7, 11) is 1.00. The van der Waals surface area contributed by atoms with E-state index in [0.717, 1.165) is 7.11 Å². The largest absolute Gasteiger partial charge is 0.400 e. The van der Waals surface area contributed by atoms with Crippen molar-refractivity contribution in [3.8, 4) is 0 Å². The average Bonchev–Trinajstić information content (AvgIpc) is 2.43. The van der Waals surface area contributed by atoms with Crippen molar-refractivity contribution >= 4 is 0 Å². The lowest BCUT2D eigenvalue weighted by molar-refractivity contribution is 0.0673. The minimum Gasteiger partial charge on any atom is -0.400 e. The molecule has 1 heterocycles. The highest BCUT2D eigenvalue weighted by Crippen LogP contribution is 2.17. The van der Waals surface area contributed by atoms with E-state index >= 15 is 0 Å². The van der Waals surface area contributed by atoms with Gasteiger partial charge < -0.3 is 9.84 Å². The molecule has 2 nitrogen and oxygen atoms in total. The Hall–Kier alpha value is -0.0800. The lowest BCUT2D eigenvalue weighted by atomic mass is 10.2. The molecule has 0 aromatic heterocycles. The van der Waals surface area contributed by atoms with Gasteiger partial charge in [0.1, 0.15) is 0 Å². The Labute approximate surface area is 70.6 Å². The number of hydrogen-bond donors (Lipinski definition) is 1. The second-order valence-electron chi connectivity index (χ2n) is 2.33. The highest BCUT2D eigenvalue weighted by molar-refractivity contribution is 4.64. The molecular weight excluding hydrogens is 140 g/mol. The third kappa shape index (κ3) is 7.82. The van der Waals surface area contributed by atoms with Gasteiger partial charge >= 0.3 is 0 Å². The van der Waals surface area contributed by atoms with E-state index < -0.39 is 0 Å². The Morgan fingerprint density at radius 1 is 1.00 bits per heavy atom. The average molecular weight is 162 g/mol. The zero-order valence-electron chi connectivity index (χ0n) is 8.42. The number of rotatable bonds is 0. The predicted octanol–water partition coefficient (Wildman–Crippen LogP) is 2.21. The number of ether oxygens (including phenoxy) is 1. The third-order valence-corrected chi connectivity index (χ3v) is 1.44. The molecule has 0 aliphatic carbocycles. The van der Waals surface area contributed by atoms with E-state index in [-0.39, 0.29) is 0 Å². The first-order chi connectivity index (χ1) is 5.29. The summed E-state index contributed by atoms with van der Waals surface area (Å²) in [5.74, 6) is 0. The molecule has 0 aromatic carbocycles. The number of aliphatic hydroxyl groups excluding tert-OH is 1. The van der Waals surface area contributed by atoms with Gasteiger partial charge in [0.25, 0.3) is 0 Å². The number of aliphatic hydroxyl groups is 1. The summed E-state index contributed by atoms with van der Waals surface area (Å²) in [4.78, 5) is 0. The molecule has 1 aliphatic heterocycles. The van der Waals surface area contributed by atoms with Gasteiger partial charge in [-0.25, -0.2) is 0 Å². The van der Waals surface area contributed by atoms with Crippen LogP contribution < -0.4 is 0 Å². The van der Waals surface area contributed by atoms with Gasteiger partial charge in [0, 0.05) is 7.11 Å². The van der Waals surface area contributed by atoms with Crippen LogP contribution in [0.4, 0.5) is 0 Å². The molecule has 0 bridgehead atoms. The second-order valence-corrected chi connectivity index (χ2v) is 2.33. The van der Waals surface area contributed by atoms with Crippen LogP contribution >= 0.6 is 0 Å². The van der Waals surface area contributed by atoms with Gasteiger partial charge in [0.2, 0.25) is 0 Å². The minimum absolute atomic E-state index is 0.523. The van der Waals surface area contributed by atoms with Crippen LogP contribution in [0.25, 0.3) is 0 Å². The van der Waals surface area contributed by atoms with E-state index in [4.69, 9.17) is 9.84 Å². The summed E-state index contributed by atoms with van der Waals surface area (Å²) in [5.41, 5.74) is 0. The van der Waals surface area contributed by atoms with E-state index in [2.05, 4.69) is 13.8 Å². The lowest BCUT2D eigenvalue weighted by Gasteiger charge is -2.01. The zero-order chi connectivity index (χ0) is 9.28. The molecule has 1 N–H and O–H groups in total. The van der Waals surface area contributed by atoms with E-state index in [9.17, 15) is 0 Å². The minimum atomic E-state index is 0.523. The standard InChI is InChI=1S/C6H12O.C2H6.CH4O/c1-5-3-4-6(2)7-5;2*1-2/h5-6H,3-4H2,1-2H3;1-2H3;2H,1H3. The van der Waals surface area contributed by atoms with Crippen LogP contribution in [0.5, 0.6) is 0 Å². The Kier molecular flexibility index (Phi) is 12.2. The normalized spacial score (nSPS) is 27.8. The summed E-state index contributed by atoms with van der Waals surface area (Å²) < 4.78 is 5.36. The van der Waals surface area contributed by atoms with Gasteiger partial charge in [-0.3, -0.25) is 0 Å². The SMILES string of the molecule is CC.CC1CCC(C)O1.CO. The first-order valence-electron chi connectivity index (χ1n) is 4.39. The van der Waals surface area contributed by atoms with Crippen LogP contribution in [0.2, 0.25) is 0 Å². The van der Waals surface area contributed by atoms with Crippen molar-refractivity contribution in [2.45, 2.75) is 52.7 Å². The second kappa shape index (κ2) is 9.92. The fourth-order valence-electron chi connectivity index (χ4n) is 1.00. The van der Waals surface area contributed by atoms with Gasteiger partial charge in [-0.15, -0.1) is 0 Å². The molecule has 0 spiro atoms. The van der Waals surface area contributed by atoms with Gasteiger partial charge in [-0.2, -0.15) is 0 Å². The van der Waals surface area contributed by atoms with E-state index in [1.165, 1.54) is 12.8 Å². The van der Waals surface area contributed by atoms with Gasteiger partial charge in [-0.05, 0) is 26.7 Å². The fraction of sp³-hybridized carbons (Fsp3) is 1.00. The molecule has 0 saturated carbocycles. The van der Waals surface area contributed by atoms with Crippen LogP contribution in [-0.2, 0) is 4.74 Å². The molecule has 2 unspecified atom stereocenters. The molecular formula is C9H22O2. The maximum atomic E-state index is 7.00. The summed E-state index contributed by atoms with van der Waals surface area (Å²) in [6, 6.07) is 0. The van der Waals surface area contributed by atoms with Crippen molar-refractivity contribution in [1.82, 2.24) is 0 Å². The topological polar surface area (TPSA) is 29.5 Å². The Morgan fingerprint density at radius 3 is 1.36 bits per heavy atom. The molecule has 1 fully saturated rings. The lowest BCUT2D eigenvalue weighted by Crippen LogP contribution is -2.01. The molecule has 1 aliphatic rings. The quantitative estimate of drug-likeness (QED) is 0.591. The van der Waals surface area contributed by atoms with Crippen LogP contribution in [-0.4, -0.2) is 24.4 Å². The Morgan fingerprint density at radius 2 is 1.27 bits per heavy atom. The third-order valence-electron chi connectivity index (χ3n) is 1.44. The van der Waals surface area contributed by atoms with Crippen LogP contribution in [0.15, 0.2) is 0 Å². The zero-order valence-corrected chi connectivity index (χ0v) is 8.42. The summed E-state index contributed by atoms with van der Waals surface area (Å²) in [6.45, 7) is 8.26. The maximum absolute atomic E-state index is 7.00. The first-order valence-corrected chi connectivity index (χ1v) is 4.39. The summed E-state index contributed by atoms with van der Waals surface area (Å²) in [5, 5.41) is 7.00. The van der Waals surface area contributed by atoms with Crippen molar-refractivity contribution in [2.24, 2.45) is 0 Å². The van der Waals surface area contributed by atoms with Gasteiger partial charge in [-0.1, -0.05) is 13.8 Å². The van der Waals surface area contributed by atoms with Crippen LogP contribution in [0.1, 0.15) is 40.5 Å². The van der Waals surface area contributed by atoms with Gasteiger partial charge in [0.05, 0.1) is 12.2 Å². The van der Waals surface area contributed by atoms with Crippen LogP contribution in [0, 0.1) is 0 Å². The first kappa shape index (κ1) is 13.5. The number of hydrogen-bond acceptors (Lipinski definition) is 2. The van der Waals surface area contributed by atoms with Crippen molar-refractivity contribution < 1.29 is 9.84 Å². The van der Waals surface area contributed by atoms with Crippen molar-refractivity contribution in [1.29, 1.82) is 0 Å². The Bertz CT molecular complexity index is 56.6. The molecule has 11 heavy (non-hydrogen) atoms. The van der Waals surface area contributed by atoms with Crippen molar-refractivity contribution in [3.05, 3.63) is 0 Å². The Balaban J connectivity index is 0. The molecule has 70 valence electrons. The van der Waals surface area contributed by atoms with Crippen LogP contribution in [0.3, 0.4) is 0 Å².